The summed E-state index contributed by atoms with van der Waals surface area (Å²) in [5.74, 6) is 0.370. The smallest absolute Gasteiger partial charge is 0.262 e. The minimum atomic E-state index is -0.326. The number of aromatic nitrogens is 1. The number of halogens is 3. The second-order valence-corrected chi connectivity index (χ2v) is 8.35. The van der Waals surface area contributed by atoms with Gasteiger partial charge in [-0.05, 0) is 83.0 Å². The van der Waals surface area contributed by atoms with Crippen molar-refractivity contribution in [3.05, 3.63) is 74.9 Å². The third-order valence-electron chi connectivity index (χ3n) is 4.30. The number of anilines is 1. The summed E-state index contributed by atoms with van der Waals surface area (Å²) in [6.45, 7) is 1.76. The number of rotatable bonds is 5. The van der Waals surface area contributed by atoms with Gasteiger partial charge in [0.05, 0.1) is 4.47 Å². The fraction of sp³-hybridized carbons (Fsp3) is 0.0909. The van der Waals surface area contributed by atoms with E-state index < -0.39 is 0 Å². The summed E-state index contributed by atoms with van der Waals surface area (Å²) in [5.41, 5.74) is 3.29. The lowest BCUT2D eigenvalue weighted by Gasteiger charge is -2.12. The van der Waals surface area contributed by atoms with E-state index in [9.17, 15) is 9.18 Å². The van der Waals surface area contributed by atoms with Crippen LogP contribution < -0.4 is 10.1 Å². The lowest BCUT2D eigenvalue weighted by Crippen LogP contribution is -2.20. The summed E-state index contributed by atoms with van der Waals surface area (Å²) < 4.78 is 26.2. The molecule has 1 amide bonds. The van der Waals surface area contributed by atoms with Gasteiger partial charge in [-0.2, -0.15) is 0 Å². The Bertz CT molecular complexity index is 1220. The quantitative estimate of drug-likeness (QED) is 0.318. The second-order valence-electron chi connectivity index (χ2n) is 6.58. The first-order valence-electron chi connectivity index (χ1n) is 8.94. The van der Waals surface area contributed by atoms with Crippen molar-refractivity contribution < 1.29 is 18.3 Å². The Balaban J connectivity index is 1.46. The molecule has 0 aliphatic heterocycles. The molecule has 0 saturated carbocycles. The minimum Gasteiger partial charge on any atom is -0.482 e. The average Bonchev–Trinajstić information content (AvgIpc) is 3.11. The molecule has 3 aromatic carbocycles. The van der Waals surface area contributed by atoms with Crippen LogP contribution in [0, 0.1) is 12.7 Å². The van der Waals surface area contributed by atoms with Crippen molar-refractivity contribution in [2.75, 3.05) is 11.9 Å². The van der Waals surface area contributed by atoms with Crippen LogP contribution in [0.3, 0.4) is 0 Å². The zero-order valence-corrected chi connectivity index (χ0v) is 18.9. The summed E-state index contributed by atoms with van der Waals surface area (Å²) >= 11 is 6.86. The Morgan fingerprint density at radius 1 is 1.13 bits per heavy atom. The first-order chi connectivity index (χ1) is 14.4. The zero-order valence-electron chi connectivity index (χ0n) is 15.7. The van der Waals surface area contributed by atoms with E-state index in [-0.39, 0.29) is 18.3 Å². The molecule has 0 atom stereocenters. The van der Waals surface area contributed by atoms with Gasteiger partial charge < -0.3 is 14.5 Å². The van der Waals surface area contributed by atoms with Gasteiger partial charge in [0.25, 0.3) is 5.91 Å². The summed E-state index contributed by atoms with van der Waals surface area (Å²) in [6, 6.07) is 14.8. The Morgan fingerprint density at radius 3 is 2.63 bits per heavy atom. The van der Waals surface area contributed by atoms with Crippen molar-refractivity contribution in [3.63, 3.8) is 0 Å². The number of oxazole rings is 1. The van der Waals surface area contributed by atoms with Crippen LogP contribution in [0.2, 0.25) is 0 Å². The van der Waals surface area contributed by atoms with Crippen molar-refractivity contribution in [3.8, 4) is 17.2 Å². The van der Waals surface area contributed by atoms with E-state index in [1.54, 1.807) is 30.3 Å². The molecule has 152 valence electrons. The van der Waals surface area contributed by atoms with Gasteiger partial charge in [-0.3, -0.25) is 4.79 Å². The number of fused-ring (bicyclic) bond motifs is 1. The molecule has 1 aromatic heterocycles. The highest BCUT2D eigenvalue weighted by Crippen LogP contribution is 2.32. The molecule has 0 fully saturated rings. The first kappa shape index (κ1) is 20.6. The van der Waals surface area contributed by atoms with Crippen molar-refractivity contribution in [2.45, 2.75) is 6.92 Å². The molecule has 30 heavy (non-hydrogen) atoms. The van der Waals surface area contributed by atoms with Gasteiger partial charge in [0.1, 0.15) is 17.1 Å². The van der Waals surface area contributed by atoms with Gasteiger partial charge in [-0.15, -0.1) is 0 Å². The number of aryl methyl sites for hydroxylation is 1. The fourth-order valence-corrected chi connectivity index (χ4v) is 4.48. The molecule has 4 rings (SSSR count). The Labute approximate surface area is 188 Å². The van der Waals surface area contributed by atoms with E-state index in [4.69, 9.17) is 9.15 Å². The van der Waals surface area contributed by atoms with Crippen molar-refractivity contribution >= 4 is 54.6 Å². The molecule has 1 N–H and O–H groups in total. The van der Waals surface area contributed by atoms with Gasteiger partial charge in [-0.1, -0.05) is 15.9 Å². The van der Waals surface area contributed by atoms with Crippen LogP contribution in [0.4, 0.5) is 10.1 Å². The van der Waals surface area contributed by atoms with Crippen LogP contribution in [-0.4, -0.2) is 17.5 Å². The lowest BCUT2D eigenvalue weighted by atomic mass is 10.2. The molecule has 0 aliphatic carbocycles. The Kier molecular flexibility index (Phi) is 5.87. The van der Waals surface area contributed by atoms with Crippen LogP contribution in [0.1, 0.15) is 5.56 Å². The summed E-state index contributed by atoms with van der Waals surface area (Å²) in [5, 5.41) is 2.79. The number of nitrogens with one attached hydrogen (secondary N) is 1. The second kappa shape index (κ2) is 8.57. The van der Waals surface area contributed by atoms with Crippen molar-refractivity contribution in [2.24, 2.45) is 0 Å². The molecule has 1 heterocycles. The van der Waals surface area contributed by atoms with Crippen LogP contribution in [0.25, 0.3) is 22.6 Å². The number of carbonyl (C=O) groups is 1. The maximum atomic E-state index is 13.1. The summed E-state index contributed by atoms with van der Waals surface area (Å²) in [6.07, 6.45) is 0. The minimum absolute atomic E-state index is 0.140. The van der Waals surface area contributed by atoms with E-state index in [1.807, 2.05) is 19.1 Å². The molecule has 0 aliphatic rings. The Hall–Kier alpha value is -2.71. The summed E-state index contributed by atoms with van der Waals surface area (Å²) in [4.78, 5) is 16.8. The zero-order chi connectivity index (χ0) is 21.3. The standard InChI is InChI=1S/C22H15Br2FN2O3/c1-12-8-14(23)9-17(24)21(12)29-11-20(28)26-16-6-7-19-18(10-16)27-22(30-19)13-2-4-15(25)5-3-13/h2-10H,11H2,1H3,(H,26,28). The Morgan fingerprint density at radius 2 is 1.90 bits per heavy atom. The molecule has 0 unspecified atom stereocenters. The van der Waals surface area contributed by atoms with Gasteiger partial charge >= 0.3 is 0 Å². The van der Waals surface area contributed by atoms with Gasteiger partial charge in [0.2, 0.25) is 5.89 Å². The maximum absolute atomic E-state index is 13.1. The number of benzene rings is 3. The monoisotopic (exact) mass is 532 g/mol. The molecule has 5 nitrogen and oxygen atoms in total. The van der Waals surface area contributed by atoms with E-state index in [2.05, 4.69) is 42.2 Å². The van der Waals surface area contributed by atoms with E-state index in [0.29, 0.717) is 34.0 Å². The predicted molar refractivity (Wildman–Crippen MR) is 120 cm³/mol. The molecular formula is C22H15Br2FN2O3. The van der Waals surface area contributed by atoms with Crippen LogP contribution in [-0.2, 0) is 4.79 Å². The number of ether oxygens (including phenoxy) is 1. The molecule has 0 saturated heterocycles. The molecule has 0 bridgehead atoms. The topological polar surface area (TPSA) is 64.4 Å². The highest BCUT2D eigenvalue weighted by atomic mass is 79.9. The van der Waals surface area contributed by atoms with Crippen LogP contribution in [0.5, 0.6) is 5.75 Å². The summed E-state index contributed by atoms with van der Waals surface area (Å²) in [7, 11) is 0. The molecule has 4 aromatic rings. The molecule has 0 spiro atoms. The number of amides is 1. The van der Waals surface area contributed by atoms with Gasteiger partial charge in [0, 0.05) is 15.7 Å². The molecular weight excluding hydrogens is 519 g/mol. The van der Waals surface area contributed by atoms with E-state index >= 15 is 0 Å². The number of carbonyl (C=O) groups excluding carboxylic acids is 1. The fourth-order valence-electron chi connectivity index (χ4n) is 2.93. The normalized spacial score (nSPS) is 10.9. The van der Waals surface area contributed by atoms with Crippen molar-refractivity contribution in [1.29, 1.82) is 0 Å². The van der Waals surface area contributed by atoms with Crippen molar-refractivity contribution in [1.82, 2.24) is 4.98 Å². The number of nitrogens with zero attached hydrogens (tertiary/aromatic N) is 1. The largest absolute Gasteiger partial charge is 0.482 e. The third kappa shape index (κ3) is 4.55. The van der Waals surface area contributed by atoms with Crippen LogP contribution >= 0.6 is 31.9 Å². The number of hydrogen-bond acceptors (Lipinski definition) is 4. The number of hydrogen-bond donors (Lipinski definition) is 1. The lowest BCUT2D eigenvalue weighted by molar-refractivity contribution is -0.118. The molecule has 8 heteroatoms. The van der Waals surface area contributed by atoms with Gasteiger partial charge in [0.15, 0.2) is 12.2 Å². The van der Waals surface area contributed by atoms with Gasteiger partial charge in [-0.25, -0.2) is 9.37 Å². The predicted octanol–water partition coefficient (Wildman–Crippen LogP) is 6.48. The van der Waals surface area contributed by atoms with E-state index in [0.717, 1.165) is 14.5 Å². The highest BCUT2D eigenvalue weighted by molar-refractivity contribution is 9.11. The highest BCUT2D eigenvalue weighted by Gasteiger charge is 2.12. The first-order valence-corrected chi connectivity index (χ1v) is 10.5. The van der Waals surface area contributed by atoms with Crippen LogP contribution in [0.15, 0.2) is 68.0 Å². The average molecular weight is 534 g/mol. The molecule has 0 radical (unpaired) electrons. The maximum Gasteiger partial charge on any atom is 0.262 e. The van der Waals surface area contributed by atoms with E-state index in [1.165, 1.54) is 12.1 Å². The SMILES string of the molecule is Cc1cc(Br)cc(Br)c1OCC(=O)Nc1ccc2oc(-c3ccc(F)cc3)nc2c1. The third-order valence-corrected chi connectivity index (χ3v) is 5.35.